The summed E-state index contributed by atoms with van der Waals surface area (Å²) in [6, 6.07) is 6.36. The highest BCUT2D eigenvalue weighted by atomic mass is 79.9. The van der Waals surface area contributed by atoms with Gasteiger partial charge in [0.2, 0.25) is 0 Å². The van der Waals surface area contributed by atoms with Gasteiger partial charge >= 0.3 is 0 Å². The Labute approximate surface area is 104 Å². The molecular weight excluding hydrogens is 266 g/mol. The first-order valence-electron chi connectivity index (χ1n) is 5.79. The lowest BCUT2D eigenvalue weighted by molar-refractivity contribution is 0.151. The molecule has 1 aliphatic carbocycles. The third-order valence-electron chi connectivity index (χ3n) is 3.77. The maximum atomic E-state index is 10.0. The second-order valence-corrected chi connectivity index (χ2v) is 6.04. The van der Waals surface area contributed by atoms with Gasteiger partial charge in [0.25, 0.3) is 0 Å². The van der Waals surface area contributed by atoms with Gasteiger partial charge < -0.3 is 10.0 Å². The van der Waals surface area contributed by atoms with Crippen LogP contribution in [0.4, 0.5) is 0 Å². The number of likely N-dealkylation sites (tertiary alicyclic amines) is 1. The van der Waals surface area contributed by atoms with Crippen LogP contribution in [0, 0.1) is 0 Å². The standard InChI is InChI=1S/C13H16BrNO/c1-15-7-9(8-15)11-3-2-10(6-12(11)14)13(16)4-5-13/h2-3,6,9,16H,4-5,7-8H2,1H3. The van der Waals surface area contributed by atoms with Gasteiger partial charge in [0.1, 0.15) is 0 Å². The number of likely N-dealkylation sites (N-methyl/N-ethyl adjacent to an activating group) is 1. The number of hydrogen-bond acceptors (Lipinski definition) is 2. The number of benzene rings is 1. The fraction of sp³-hybridized carbons (Fsp3) is 0.538. The molecule has 0 radical (unpaired) electrons. The van der Waals surface area contributed by atoms with Crippen molar-refractivity contribution < 1.29 is 5.11 Å². The lowest BCUT2D eigenvalue weighted by Crippen LogP contribution is -2.41. The molecule has 0 unspecified atom stereocenters. The fourth-order valence-corrected chi connectivity index (χ4v) is 3.15. The summed E-state index contributed by atoms with van der Waals surface area (Å²) in [6.45, 7) is 2.28. The first kappa shape index (κ1) is 10.8. The molecule has 0 spiro atoms. The molecular formula is C13H16BrNO. The second kappa shape index (κ2) is 3.56. The molecule has 86 valence electrons. The van der Waals surface area contributed by atoms with Crippen LogP contribution in [0.15, 0.2) is 22.7 Å². The lowest BCUT2D eigenvalue weighted by Gasteiger charge is -2.37. The third-order valence-corrected chi connectivity index (χ3v) is 4.45. The van der Waals surface area contributed by atoms with E-state index in [-0.39, 0.29) is 0 Å². The SMILES string of the molecule is CN1CC(c2ccc(C3(O)CC3)cc2Br)C1. The average molecular weight is 282 g/mol. The van der Waals surface area contributed by atoms with Crippen molar-refractivity contribution in [1.29, 1.82) is 0 Å². The van der Waals surface area contributed by atoms with Crippen molar-refractivity contribution in [3.05, 3.63) is 33.8 Å². The molecule has 1 aromatic carbocycles. The molecule has 2 aliphatic rings. The molecule has 0 aromatic heterocycles. The van der Waals surface area contributed by atoms with Gasteiger partial charge in [0.05, 0.1) is 5.60 Å². The Bertz CT molecular complexity index is 422. The fourth-order valence-electron chi connectivity index (χ4n) is 2.45. The van der Waals surface area contributed by atoms with Gasteiger partial charge in [-0.2, -0.15) is 0 Å². The summed E-state index contributed by atoms with van der Waals surface area (Å²) in [7, 11) is 2.14. The van der Waals surface area contributed by atoms with Gasteiger partial charge in [-0.3, -0.25) is 0 Å². The van der Waals surface area contributed by atoms with Crippen molar-refractivity contribution in [2.45, 2.75) is 24.4 Å². The van der Waals surface area contributed by atoms with E-state index in [2.05, 4.69) is 46.1 Å². The lowest BCUT2D eigenvalue weighted by atomic mass is 9.91. The summed E-state index contributed by atoms with van der Waals surface area (Å²) >= 11 is 3.63. The van der Waals surface area contributed by atoms with Crippen LogP contribution in [0.25, 0.3) is 0 Å². The van der Waals surface area contributed by atoms with Crippen molar-refractivity contribution in [3.63, 3.8) is 0 Å². The maximum absolute atomic E-state index is 10.0. The topological polar surface area (TPSA) is 23.5 Å². The molecule has 1 saturated carbocycles. The minimum Gasteiger partial charge on any atom is -0.385 e. The Kier molecular flexibility index (Phi) is 2.39. The van der Waals surface area contributed by atoms with E-state index in [1.165, 1.54) is 5.56 Å². The van der Waals surface area contributed by atoms with Crippen LogP contribution in [-0.4, -0.2) is 30.1 Å². The van der Waals surface area contributed by atoms with Crippen LogP contribution in [0.2, 0.25) is 0 Å². The average Bonchev–Trinajstić information content (AvgIpc) is 2.94. The Morgan fingerprint density at radius 2 is 2.06 bits per heavy atom. The normalized spacial score (nSPS) is 24.2. The van der Waals surface area contributed by atoms with E-state index in [1.54, 1.807) is 0 Å². The van der Waals surface area contributed by atoms with Crippen molar-refractivity contribution >= 4 is 15.9 Å². The predicted octanol–water partition coefficient (Wildman–Crippen LogP) is 2.46. The highest BCUT2D eigenvalue weighted by Gasteiger charge is 2.42. The molecule has 0 atom stereocenters. The molecule has 2 fully saturated rings. The smallest absolute Gasteiger partial charge is 0.0899 e. The second-order valence-electron chi connectivity index (χ2n) is 5.19. The molecule has 0 amide bonds. The Hall–Kier alpha value is -0.380. The van der Waals surface area contributed by atoms with E-state index in [9.17, 15) is 5.11 Å². The molecule has 0 bridgehead atoms. The molecule has 1 saturated heterocycles. The summed E-state index contributed by atoms with van der Waals surface area (Å²) in [5, 5.41) is 10.0. The largest absolute Gasteiger partial charge is 0.385 e. The van der Waals surface area contributed by atoms with Crippen LogP contribution < -0.4 is 0 Å². The third kappa shape index (κ3) is 1.71. The van der Waals surface area contributed by atoms with E-state index in [0.29, 0.717) is 5.92 Å². The number of hydrogen-bond donors (Lipinski definition) is 1. The molecule has 3 heteroatoms. The Balaban J connectivity index is 1.86. The van der Waals surface area contributed by atoms with Crippen molar-refractivity contribution in [1.82, 2.24) is 4.90 Å². The van der Waals surface area contributed by atoms with E-state index in [0.717, 1.165) is 36.0 Å². The van der Waals surface area contributed by atoms with Gasteiger partial charge in [-0.15, -0.1) is 0 Å². The number of nitrogens with zero attached hydrogens (tertiary/aromatic N) is 1. The summed E-state index contributed by atoms with van der Waals surface area (Å²) < 4.78 is 1.16. The van der Waals surface area contributed by atoms with Crippen LogP contribution in [-0.2, 0) is 5.60 Å². The van der Waals surface area contributed by atoms with Crippen LogP contribution in [0.5, 0.6) is 0 Å². The maximum Gasteiger partial charge on any atom is 0.0899 e. The summed E-state index contributed by atoms with van der Waals surface area (Å²) in [5.74, 6) is 0.655. The molecule has 3 rings (SSSR count). The minimum absolute atomic E-state index is 0.516. The first-order valence-corrected chi connectivity index (χ1v) is 6.59. The molecule has 2 nitrogen and oxygen atoms in total. The zero-order valence-corrected chi connectivity index (χ0v) is 11.0. The van der Waals surface area contributed by atoms with Gasteiger partial charge in [-0.1, -0.05) is 28.1 Å². The van der Waals surface area contributed by atoms with E-state index < -0.39 is 5.60 Å². The van der Waals surface area contributed by atoms with Crippen LogP contribution in [0.3, 0.4) is 0 Å². The Morgan fingerprint density at radius 1 is 1.38 bits per heavy atom. The summed E-state index contributed by atoms with van der Waals surface area (Å²) in [4.78, 5) is 2.32. The van der Waals surface area contributed by atoms with E-state index >= 15 is 0 Å². The summed E-state index contributed by atoms with van der Waals surface area (Å²) in [6.07, 6.45) is 1.82. The zero-order chi connectivity index (χ0) is 11.3. The summed E-state index contributed by atoms with van der Waals surface area (Å²) in [5.41, 5.74) is 1.93. The Morgan fingerprint density at radius 3 is 2.56 bits per heavy atom. The van der Waals surface area contributed by atoms with Gasteiger partial charge in [-0.25, -0.2) is 0 Å². The van der Waals surface area contributed by atoms with Crippen molar-refractivity contribution in [2.24, 2.45) is 0 Å². The first-order chi connectivity index (χ1) is 7.58. The van der Waals surface area contributed by atoms with Gasteiger partial charge in [0, 0.05) is 23.5 Å². The number of halogens is 1. The van der Waals surface area contributed by atoms with Crippen molar-refractivity contribution in [3.8, 4) is 0 Å². The van der Waals surface area contributed by atoms with Crippen LogP contribution in [0.1, 0.15) is 29.9 Å². The molecule has 1 N–H and O–H groups in total. The van der Waals surface area contributed by atoms with E-state index in [1.807, 2.05) is 0 Å². The molecule has 1 heterocycles. The molecule has 1 aromatic rings. The van der Waals surface area contributed by atoms with Gasteiger partial charge in [0.15, 0.2) is 0 Å². The van der Waals surface area contributed by atoms with E-state index in [4.69, 9.17) is 0 Å². The van der Waals surface area contributed by atoms with Gasteiger partial charge in [-0.05, 0) is 37.1 Å². The molecule has 16 heavy (non-hydrogen) atoms. The quantitative estimate of drug-likeness (QED) is 0.900. The monoisotopic (exact) mass is 281 g/mol. The number of aliphatic hydroxyl groups is 1. The van der Waals surface area contributed by atoms with Crippen LogP contribution >= 0.6 is 15.9 Å². The molecule has 1 aliphatic heterocycles. The van der Waals surface area contributed by atoms with Crippen molar-refractivity contribution in [2.75, 3.05) is 20.1 Å². The highest BCUT2D eigenvalue weighted by molar-refractivity contribution is 9.10. The zero-order valence-electron chi connectivity index (χ0n) is 9.41. The predicted molar refractivity (Wildman–Crippen MR) is 67.5 cm³/mol. The number of rotatable bonds is 2. The highest BCUT2D eigenvalue weighted by Crippen LogP contribution is 2.46. The minimum atomic E-state index is -0.516.